The van der Waals surface area contributed by atoms with Crippen molar-refractivity contribution in [2.45, 2.75) is 0 Å². The maximum atomic E-state index is 12.2. The summed E-state index contributed by atoms with van der Waals surface area (Å²) in [5.41, 5.74) is -0.252. The molecule has 0 spiro atoms. The Balaban J connectivity index is 3.15. The summed E-state index contributed by atoms with van der Waals surface area (Å²) in [5.74, 6) is -0.826. The molecule has 0 N–H and O–H groups in total. The Hall–Kier alpha value is -1.32. The van der Waals surface area contributed by atoms with E-state index < -0.39 is 5.95 Å². The van der Waals surface area contributed by atoms with Gasteiger partial charge in [0.2, 0.25) is 5.95 Å². The smallest absolute Gasteiger partial charge is 0.242 e. The average Bonchev–Trinajstić information content (AvgIpc) is 1.89. The van der Waals surface area contributed by atoms with Gasteiger partial charge in [-0.05, 0) is 0 Å². The van der Waals surface area contributed by atoms with E-state index in [4.69, 9.17) is 0 Å². The zero-order valence-corrected chi connectivity index (χ0v) is 4.41. The highest BCUT2D eigenvalue weighted by Crippen LogP contribution is 1.92. The van der Waals surface area contributed by atoms with Crippen LogP contribution >= 0.6 is 0 Å². The van der Waals surface area contributed by atoms with Gasteiger partial charge in [-0.3, -0.25) is 4.79 Å². The Morgan fingerprint density at radius 1 is 1.44 bits per heavy atom. The highest BCUT2D eigenvalue weighted by Gasteiger charge is 1.98. The summed E-state index contributed by atoms with van der Waals surface area (Å²) in [6.07, 6.45) is 2.76. The van der Waals surface area contributed by atoms with E-state index in [1.807, 2.05) is 0 Å². The van der Waals surface area contributed by atoms with Gasteiger partial charge in [0.1, 0.15) is 0 Å². The molecule has 4 heteroatoms. The summed E-state index contributed by atoms with van der Waals surface area (Å²) < 4.78 is 12.2. The standard InChI is InChI=1S/C5H3FN2O/c6-5-4(3-9)7-1-2-8-5/h1-3H. The Morgan fingerprint density at radius 3 is 2.56 bits per heavy atom. The first-order valence-corrected chi connectivity index (χ1v) is 2.26. The van der Waals surface area contributed by atoms with Crippen molar-refractivity contribution in [2.75, 3.05) is 0 Å². The average molecular weight is 126 g/mol. The molecule has 0 aliphatic rings. The van der Waals surface area contributed by atoms with Gasteiger partial charge in [0, 0.05) is 12.4 Å². The number of halogens is 1. The molecule has 0 aliphatic carbocycles. The third-order valence-electron chi connectivity index (χ3n) is 0.791. The fourth-order valence-corrected chi connectivity index (χ4v) is 0.411. The van der Waals surface area contributed by atoms with E-state index in [9.17, 15) is 9.18 Å². The quantitative estimate of drug-likeness (QED) is 0.512. The van der Waals surface area contributed by atoms with Gasteiger partial charge in [-0.15, -0.1) is 0 Å². The molecule has 1 heterocycles. The SMILES string of the molecule is O=Cc1nccnc1F. The van der Waals surface area contributed by atoms with Crippen LogP contribution in [0, 0.1) is 5.95 Å². The lowest BCUT2D eigenvalue weighted by atomic mass is 10.5. The van der Waals surface area contributed by atoms with Crippen LogP contribution in [0.25, 0.3) is 0 Å². The molecule has 0 atom stereocenters. The molecule has 0 fully saturated rings. The topological polar surface area (TPSA) is 42.9 Å². The van der Waals surface area contributed by atoms with E-state index >= 15 is 0 Å². The van der Waals surface area contributed by atoms with E-state index in [0.717, 1.165) is 0 Å². The summed E-state index contributed by atoms with van der Waals surface area (Å²) in [5, 5.41) is 0. The number of aromatic nitrogens is 2. The van der Waals surface area contributed by atoms with Crippen molar-refractivity contribution in [3.05, 3.63) is 24.0 Å². The third-order valence-corrected chi connectivity index (χ3v) is 0.791. The summed E-state index contributed by atoms with van der Waals surface area (Å²) in [4.78, 5) is 16.5. The highest BCUT2D eigenvalue weighted by molar-refractivity contribution is 5.71. The monoisotopic (exact) mass is 126 g/mol. The van der Waals surface area contributed by atoms with E-state index in [2.05, 4.69) is 9.97 Å². The Kier molecular flexibility index (Phi) is 1.48. The predicted molar refractivity (Wildman–Crippen MR) is 27.4 cm³/mol. The molecular weight excluding hydrogens is 123 g/mol. The van der Waals surface area contributed by atoms with Crippen molar-refractivity contribution in [2.24, 2.45) is 0 Å². The van der Waals surface area contributed by atoms with Crippen molar-refractivity contribution in [1.29, 1.82) is 0 Å². The van der Waals surface area contributed by atoms with Crippen LogP contribution in [0.15, 0.2) is 12.4 Å². The minimum atomic E-state index is -0.826. The van der Waals surface area contributed by atoms with E-state index in [0.29, 0.717) is 6.29 Å². The van der Waals surface area contributed by atoms with Gasteiger partial charge >= 0.3 is 0 Å². The lowest BCUT2D eigenvalue weighted by Crippen LogP contribution is -1.93. The van der Waals surface area contributed by atoms with Crippen molar-refractivity contribution in [3.63, 3.8) is 0 Å². The summed E-state index contributed by atoms with van der Waals surface area (Å²) in [6.45, 7) is 0. The van der Waals surface area contributed by atoms with Gasteiger partial charge in [-0.25, -0.2) is 9.97 Å². The summed E-state index contributed by atoms with van der Waals surface area (Å²) in [6, 6.07) is 0. The summed E-state index contributed by atoms with van der Waals surface area (Å²) >= 11 is 0. The lowest BCUT2D eigenvalue weighted by Gasteiger charge is -1.86. The second kappa shape index (κ2) is 2.30. The van der Waals surface area contributed by atoms with Crippen molar-refractivity contribution < 1.29 is 9.18 Å². The zero-order valence-electron chi connectivity index (χ0n) is 4.41. The largest absolute Gasteiger partial charge is 0.296 e. The Morgan fingerprint density at radius 2 is 2.11 bits per heavy atom. The normalized spacial score (nSPS) is 9.00. The first kappa shape index (κ1) is 5.81. The van der Waals surface area contributed by atoms with E-state index in [1.54, 1.807) is 0 Å². The van der Waals surface area contributed by atoms with E-state index in [-0.39, 0.29) is 5.69 Å². The molecule has 0 unspecified atom stereocenters. The van der Waals surface area contributed by atoms with Gasteiger partial charge < -0.3 is 0 Å². The van der Waals surface area contributed by atoms with Crippen LogP contribution in [0.2, 0.25) is 0 Å². The molecule has 0 bridgehead atoms. The number of carbonyl (C=O) groups is 1. The molecule has 0 saturated heterocycles. The number of aldehydes is 1. The highest BCUT2D eigenvalue weighted by atomic mass is 19.1. The summed E-state index contributed by atoms with van der Waals surface area (Å²) in [7, 11) is 0. The van der Waals surface area contributed by atoms with Crippen LogP contribution in [0.5, 0.6) is 0 Å². The minimum Gasteiger partial charge on any atom is -0.296 e. The molecule has 0 amide bonds. The molecule has 3 nitrogen and oxygen atoms in total. The molecule has 1 aromatic rings. The maximum absolute atomic E-state index is 12.2. The molecule has 1 rings (SSSR count). The van der Waals surface area contributed by atoms with Gasteiger partial charge in [0.05, 0.1) is 0 Å². The lowest BCUT2D eigenvalue weighted by molar-refractivity contribution is 0.111. The first-order valence-electron chi connectivity index (χ1n) is 2.26. The number of hydrogen-bond acceptors (Lipinski definition) is 3. The zero-order chi connectivity index (χ0) is 6.69. The van der Waals surface area contributed by atoms with Gasteiger partial charge in [-0.1, -0.05) is 0 Å². The van der Waals surface area contributed by atoms with Crippen LogP contribution in [0.1, 0.15) is 10.5 Å². The van der Waals surface area contributed by atoms with Crippen molar-refractivity contribution in [3.8, 4) is 0 Å². The number of hydrogen-bond donors (Lipinski definition) is 0. The number of nitrogens with zero attached hydrogens (tertiary/aromatic N) is 2. The minimum absolute atomic E-state index is 0.252. The Labute approximate surface area is 50.6 Å². The molecule has 46 valence electrons. The van der Waals surface area contributed by atoms with Crippen LogP contribution < -0.4 is 0 Å². The number of carbonyl (C=O) groups excluding carboxylic acids is 1. The van der Waals surface area contributed by atoms with E-state index in [1.165, 1.54) is 12.4 Å². The maximum Gasteiger partial charge on any atom is 0.242 e. The molecule has 1 aromatic heterocycles. The number of rotatable bonds is 1. The first-order chi connectivity index (χ1) is 4.34. The van der Waals surface area contributed by atoms with Crippen LogP contribution in [-0.2, 0) is 0 Å². The fourth-order valence-electron chi connectivity index (χ4n) is 0.411. The van der Waals surface area contributed by atoms with Gasteiger partial charge in [0.25, 0.3) is 0 Å². The van der Waals surface area contributed by atoms with Crippen LogP contribution in [-0.4, -0.2) is 16.3 Å². The van der Waals surface area contributed by atoms with Crippen LogP contribution in [0.3, 0.4) is 0 Å². The van der Waals surface area contributed by atoms with Gasteiger partial charge in [-0.2, -0.15) is 4.39 Å². The second-order valence-electron chi connectivity index (χ2n) is 1.35. The van der Waals surface area contributed by atoms with Crippen LogP contribution in [0.4, 0.5) is 4.39 Å². The third kappa shape index (κ3) is 1.07. The molecular formula is C5H3FN2O. The molecule has 0 aliphatic heterocycles. The molecule has 0 aromatic carbocycles. The molecule has 0 saturated carbocycles. The predicted octanol–water partition coefficient (Wildman–Crippen LogP) is 0.428. The van der Waals surface area contributed by atoms with Gasteiger partial charge in [0.15, 0.2) is 12.0 Å². The van der Waals surface area contributed by atoms with Crippen molar-refractivity contribution >= 4 is 6.29 Å². The van der Waals surface area contributed by atoms with Crippen molar-refractivity contribution in [1.82, 2.24) is 9.97 Å². The fraction of sp³-hybridized carbons (Fsp3) is 0. The Bertz CT molecular complexity index is 226. The second-order valence-corrected chi connectivity index (χ2v) is 1.35. The molecule has 0 radical (unpaired) electrons. The molecule has 9 heavy (non-hydrogen) atoms.